The van der Waals surface area contributed by atoms with Crippen LogP contribution < -0.4 is 4.90 Å². The van der Waals surface area contributed by atoms with Gasteiger partial charge in [-0.25, -0.2) is 13.4 Å². The van der Waals surface area contributed by atoms with E-state index in [1.54, 1.807) is 18.2 Å². The van der Waals surface area contributed by atoms with Gasteiger partial charge in [0.05, 0.1) is 15.1 Å². The zero-order chi connectivity index (χ0) is 21.6. The summed E-state index contributed by atoms with van der Waals surface area (Å²) in [7, 11) is -3.25. The van der Waals surface area contributed by atoms with Crippen LogP contribution in [0.25, 0.3) is 10.2 Å². The molecular weight excluding hydrogens is 422 g/mol. The number of amides is 1. The third-order valence-electron chi connectivity index (χ3n) is 5.24. The molecule has 0 spiro atoms. The largest absolute Gasteiger partial charge is 0.345 e. The summed E-state index contributed by atoms with van der Waals surface area (Å²) in [6.45, 7) is 8.59. The van der Waals surface area contributed by atoms with Crippen LogP contribution in [0.4, 0.5) is 5.13 Å². The molecule has 1 aliphatic heterocycles. The highest BCUT2D eigenvalue weighted by Crippen LogP contribution is 2.31. The number of aryl methyl sites for hydroxylation is 1. The first-order valence-electron chi connectivity index (χ1n) is 9.84. The number of carbonyl (C=O) groups excluding carboxylic acids is 1. The van der Waals surface area contributed by atoms with Crippen LogP contribution in [0.3, 0.4) is 0 Å². The SMILES string of the molecule is Cc1cc(C(=O)N2CCN(c3nc4ccc(S(C)(=O)=O)cc4s3)CC2)nn1C(C)C. The molecule has 1 saturated heterocycles. The molecule has 0 atom stereocenters. The number of anilines is 1. The lowest BCUT2D eigenvalue weighted by molar-refractivity contribution is 0.0739. The molecule has 0 unspecified atom stereocenters. The average Bonchev–Trinajstić information content (AvgIpc) is 3.30. The van der Waals surface area contributed by atoms with Crippen LogP contribution in [0.5, 0.6) is 0 Å². The van der Waals surface area contributed by atoms with E-state index in [9.17, 15) is 13.2 Å². The van der Waals surface area contributed by atoms with E-state index in [1.807, 2.05) is 36.4 Å². The summed E-state index contributed by atoms with van der Waals surface area (Å²) < 4.78 is 26.3. The second-order valence-corrected chi connectivity index (χ2v) is 10.9. The van der Waals surface area contributed by atoms with Gasteiger partial charge in [-0.1, -0.05) is 11.3 Å². The molecule has 1 amide bonds. The summed E-state index contributed by atoms with van der Waals surface area (Å²) >= 11 is 1.48. The number of thiazole rings is 1. The van der Waals surface area contributed by atoms with E-state index < -0.39 is 9.84 Å². The van der Waals surface area contributed by atoms with Crippen molar-refractivity contribution in [2.24, 2.45) is 0 Å². The zero-order valence-corrected chi connectivity index (χ0v) is 19.1. The van der Waals surface area contributed by atoms with Crippen molar-refractivity contribution in [1.82, 2.24) is 19.7 Å². The standard InChI is InChI=1S/C20H25N5O3S2/c1-13(2)25-14(3)11-17(22-25)19(26)23-7-9-24(10-8-23)20-21-16-6-5-15(30(4,27)28)12-18(16)29-20/h5-6,11-13H,7-10H2,1-4H3. The first-order chi connectivity index (χ1) is 14.1. The Kier molecular flexibility index (Phi) is 5.31. The van der Waals surface area contributed by atoms with Gasteiger partial charge >= 0.3 is 0 Å². The van der Waals surface area contributed by atoms with Gasteiger partial charge in [0.15, 0.2) is 20.7 Å². The third-order valence-corrected chi connectivity index (χ3v) is 7.43. The Morgan fingerprint density at radius 3 is 2.43 bits per heavy atom. The summed E-state index contributed by atoms with van der Waals surface area (Å²) in [5.74, 6) is -0.0424. The number of nitrogens with zero attached hydrogens (tertiary/aromatic N) is 5. The average molecular weight is 448 g/mol. The van der Waals surface area contributed by atoms with Gasteiger partial charge in [-0.05, 0) is 45.0 Å². The number of hydrogen-bond donors (Lipinski definition) is 0. The second-order valence-electron chi connectivity index (χ2n) is 7.89. The minimum atomic E-state index is -3.25. The predicted molar refractivity (Wildman–Crippen MR) is 118 cm³/mol. The Hall–Kier alpha value is -2.46. The van der Waals surface area contributed by atoms with Gasteiger partial charge in [0, 0.05) is 44.2 Å². The summed E-state index contributed by atoms with van der Waals surface area (Å²) in [6, 6.07) is 7.08. The van der Waals surface area contributed by atoms with Crippen LogP contribution in [0, 0.1) is 6.92 Å². The van der Waals surface area contributed by atoms with E-state index in [4.69, 9.17) is 0 Å². The molecule has 3 aromatic rings. The number of aromatic nitrogens is 3. The Morgan fingerprint density at radius 1 is 1.13 bits per heavy atom. The van der Waals surface area contributed by atoms with Crippen molar-refractivity contribution < 1.29 is 13.2 Å². The molecule has 10 heteroatoms. The summed E-state index contributed by atoms with van der Waals surface area (Å²) in [6.07, 6.45) is 1.21. The monoisotopic (exact) mass is 447 g/mol. The molecule has 0 aliphatic carbocycles. The molecule has 30 heavy (non-hydrogen) atoms. The molecule has 1 aliphatic rings. The highest BCUT2D eigenvalue weighted by atomic mass is 32.2. The normalized spacial score (nSPS) is 15.4. The molecule has 0 N–H and O–H groups in total. The van der Waals surface area contributed by atoms with Crippen LogP contribution in [0.15, 0.2) is 29.2 Å². The number of rotatable bonds is 4. The van der Waals surface area contributed by atoms with Gasteiger partial charge in [-0.2, -0.15) is 5.10 Å². The van der Waals surface area contributed by atoms with Crippen molar-refractivity contribution in [3.63, 3.8) is 0 Å². The topological polar surface area (TPSA) is 88.4 Å². The lowest BCUT2D eigenvalue weighted by atomic mass is 10.2. The fourth-order valence-corrected chi connectivity index (χ4v) is 5.41. The Balaban J connectivity index is 1.46. The predicted octanol–water partition coefficient (Wildman–Crippen LogP) is 2.75. The summed E-state index contributed by atoms with van der Waals surface area (Å²) in [5, 5.41) is 5.32. The first kappa shape index (κ1) is 20.8. The van der Waals surface area contributed by atoms with Crippen molar-refractivity contribution in [3.8, 4) is 0 Å². The van der Waals surface area contributed by atoms with E-state index in [1.165, 1.54) is 17.6 Å². The molecule has 0 bridgehead atoms. The minimum absolute atomic E-state index is 0.0424. The van der Waals surface area contributed by atoms with Crippen LogP contribution in [-0.4, -0.2) is 66.4 Å². The van der Waals surface area contributed by atoms with E-state index in [0.29, 0.717) is 36.8 Å². The molecule has 8 nitrogen and oxygen atoms in total. The van der Waals surface area contributed by atoms with E-state index >= 15 is 0 Å². The Labute approximate surface area is 180 Å². The maximum atomic E-state index is 12.9. The number of carbonyl (C=O) groups is 1. The number of benzene rings is 1. The zero-order valence-electron chi connectivity index (χ0n) is 17.5. The number of sulfone groups is 1. The molecule has 0 saturated carbocycles. The van der Waals surface area contributed by atoms with Gasteiger partial charge in [-0.15, -0.1) is 0 Å². The molecule has 1 fully saturated rings. The van der Waals surface area contributed by atoms with Crippen molar-refractivity contribution in [3.05, 3.63) is 35.7 Å². The van der Waals surface area contributed by atoms with Crippen molar-refractivity contribution >= 4 is 42.4 Å². The number of fused-ring (bicyclic) bond motifs is 1. The molecule has 4 rings (SSSR count). The van der Waals surface area contributed by atoms with E-state index in [2.05, 4.69) is 15.0 Å². The van der Waals surface area contributed by atoms with Crippen LogP contribution in [0.2, 0.25) is 0 Å². The van der Waals surface area contributed by atoms with E-state index in [-0.39, 0.29) is 11.9 Å². The van der Waals surface area contributed by atoms with Crippen molar-refractivity contribution in [2.45, 2.75) is 31.7 Å². The smallest absolute Gasteiger partial charge is 0.274 e. The molecule has 3 heterocycles. The highest BCUT2D eigenvalue weighted by molar-refractivity contribution is 7.90. The molecular formula is C20H25N5O3S2. The van der Waals surface area contributed by atoms with E-state index in [0.717, 1.165) is 21.0 Å². The molecule has 1 aromatic carbocycles. The maximum absolute atomic E-state index is 12.9. The van der Waals surface area contributed by atoms with Crippen LogP contribution >= 0.6 is 11.3 Å². The lowest BCUT2D eigenvalue weighted by Crippen LogP contribution is -2.48. The Morgan fingerprint density at radius 2 is 1.83 bits per heavy atom. The minimum Gasteiger partial charge on any atom is -0.345 e. The number of hydrogen-bond acceptors (Lipinski definition) is 7. The van der Waals surface area contributed by atoms with Gasteiger partial charge in [-0.3, -0.25) is 9.48 Å². The van der Waals surface area contributed by atoms with Gasteiger partial charge in [0.2, 0.25) is 0 Å². The molecule has 160 valence electrons. The molecule has 2 aromatic heterocycles. The Bertz CT molecular complexity index is 1200. The summed E-state index contributed by atoms with van der Waals surface area (Å²) in [4.78, 5) is 21.8. The van der Waals surface area contributed by atoms with Crippen LogP contribution in [0.1, 0.15) is 36.1 Å². The lowest BCUT2D eigenvalue weighted by Gasteiger charge is -2.34. The summed E-state index contributed by atoms with van der Waals surface area (Å²) in [5.41, 5.74) is 2.26. The van der Waals surface area contributed by atoms with Crippen molar-refractivity contribution in [1.29, 1.82) is 0 Å². The third kappa shape index (κ3) is 3.93. The first-order valence-corrected chi connectivity index (χ1v) is 12.6. The van der Waals surface area contributed by atoms with Crippen LogP contribution in [-0.2, 0) is 9.84 Å². The van der Waals surface area contributed by atoms with Crippen molar-refractivity contribution in [2.75, 3.05) is 37.3 Å². The maximum Gasteiger partial charge on any atom is 0.274 e. The second kappa shape index (κ2) is 7.66. The van der Waals surface area contributed by atoms with Gasteiger partial charge in [0.1, 0.15) is 0 Å². The molecule has 0 radical (unpaired) electrons. The fourth-order valence-electron chi connectivity index (χ4n) is 3.64. The highest BCUT2D eigenvalue weighted by Gasteiger charge is 2.26. The fraction of sp³-hybridized carbons (Fsp3) is 0.450. The van der Waals surface area contributed by atoms with Gasteiger partial charge < -0.3 is 9.80 Å². The number of piperazine rings is 1. The quantitative estimate of drug-likeness (QED) is 0.611. The van der Waals surface area contributed by atoms with Gasteiger partial charge in [0.25, 0.3) is 5.91 Å².